The summed E-state index contributed by atoms with van der Waals surface area (Å²) in [7, 11) is 0. The van der Waals surface area contributed by atoms with Gasteiger partial charge in [0.2, 0.25) is 5.91 Å². The molecule has 0 saturated heterocycles. The lowest BCUT2D eigenvalue weighted by Gasteiger charge is -2.22. The number of hydrogen-bond acceptors (Lipinski definition) is 5. The van der Waals surface area contributed by atoms with Crippen LogP contribution in [0, 0.1) is 0 Å². The summed E-state index contributed by atoms with van der Waals surface area (Å²) in [6.45, 7) is 5.00. The predicted octanol–water partition coefficient (Wildman–Crippen LogP) is 26.8. The van der Waals surface area contributed by atoms with E-state index in [9.17, 15) is 19.8 Å². The minimum atomic E-state index is -0.662. The van der Waals surface area contributed by atoms with Crippen molar-refractivity contribution in [2.45, 2.75) is 475 Å². The van der Waals surface area contributed by atoms with Crippen molar-refractivity contribution in [1.82, 2.24) is 5.32 Å². The first-order valence-electron chi connectivity index (χ1n) is 40.6. The summed E-state index contributed by atoms with van der Waals surface area (Å²) in [6, 6.07) is -0.539. The summed E-state index contributed by atoms with van der Waals surface area (Å²) in [4.78, 5) is 24.7. The number of unbranched alkanes of at least 4 members (excludes halogenated alkanes) is 62. The molecule has 0 aromatic carbocycles. The van der Waals surface area contributed by atoms with Gasteiger partial charge in [-0.3, -0.25) is 9.59 Å². The molecule has 0 radical (unpaired) electrons. The molecule has 0 aliphatic rings. The molecule has 6 heteroatoms. The number of rotatable bonds is 77. The lowest BCUT2D eigenvalue weighted by molar-refractivity contribution is -0.143. The largest absolute Gasteiger partial charge is 0.466 e. The fraction of sp³-hybridized carbons (Fsp3) is 0.927. The number of hydrogen-bond donors (Lipinski definition) is 3. The molecular weight excluding hydrogens is 1080 g/mol. The Morgan fingerprint density at radius 2 is 0.534 bits per heavy atom. The van der Waals surface area contributed by atoms with E-state index in [0.717, 1.165) is 44.9 Å². The Bertz CT molecular complexity index is 1380. The van der Waals surface area contributed by atoms with Gasteiger partial charge in [-0.2, -0.15) is 0 Å². The zero-order chi connectivity index (χ0) is 63.5. The molecule has 6 nitrogen and oxygen atoms in total. The minimum absolute atomic E-state index is 0.0184. The molecule has 88 heavy (non-hydrogen) atoms. The third kappa shape index (κ3) is 73.4. The normalized spacial score (nSPS) is 12.5. The lowest BCUT2D eigenvalue weighted by Crippen LogP contribution is -2.45. The molecule has 1 amide bonds. The van der Waals surface area contributed by atoms with Crippen molar-refractivity contribution in [3.8, 4) is 0 Å². The van der Waals surface area contributed by atoms with E-state index in [1.165, 1.54) is 385 Å². The van der Waals surface area contributed by atoms with Crippen molar-refractivity contribution in [2.75, 3.05) is 13.2 Å². The molecule has 0 aromatic rings. The van der Waals surface area contributed by atoms with E-state index in [1.807, 2.05) is 0 Å². The van der Waals surface area contributed by atoms with E-state index < -0.39 is 12.1 Å². The standard InChI is InChI=1S/C82H159NO5/c1-3-5-7-9-11-13-15-17-19-21-42-46-50-54-58-62-66-70-74-80(85)79(78-84)83-81(86)75-71-67-63-59-55-51-47-43-40-38-36-34-32-30-28-26-24-23-25-27-29-31-33-35-37-39-41-45-49-53-57-61-65-69-73-77-88-82(87)76-72-68-64-60-56-52-48-44-22-20-18-16-14-12-10-8-6-4-2/h20,22,25,27,79-80,84-85H,3-19,21,23-24,26,28-78H2,1-2H3,(H,83,86)/b22-20-,27-25-. The topological polar surface area (TPSA) is 95.9 Å². The molecule has 0 aromatic heterocycles. The highest BCUT2D eigenvalue weighted by Gasteiger charge is 2.20. The first-order chi connectivity index (χ1) is 43.5. The number of allylic oxidation sites excluding steroid dienone is 4. The Labute approximate surface area is 551 Å². The molecule has 0 bridgehead atoms. The Morgan fingerprint density at radius 1 is 0.307 bits per heavy atom. The van der Waals surface area contributed by atoms with Crippen molar-refractivity contribution >= 4 is 11.9 Å². The quantitative estimate of drug-likeness (QED) is 0.0320. The molecular formula is C82H159NO5. The van der Waals surface area contributed by atoms with Crippen LogP contribution in [-0.4, -0.2) is 47.4 Å². The molecule has 2 unspecified atom stereocenters. The van der Waals surface area contributed by atoms with E-state index in [1.54, 1.807) is 0 Å². The average Bonchev–Trinajstić information content (AvgIpc) is 3.58. The van der Waals surface area contributed by atoms with Crippen LogP contribution in [0.2, 0.25) is 0 Å². The molecule has 2 atom stereocenters. The number of aliphatic hydroxyl groups excluding tert-OH is 2. The number of nitrogens with one attached hydrogen (secondary N) is 1. The summed E-state index contributed by atoms with van der Waals surface area (Å²) < 4.78 is 5.51. The van der Waals surface area contributed by atoms with Crippen molar-refractivity contribution in [1.29, 1.82) is 0 Å². The third-order valence-corrected chi connectivity index (χ3v) is 19.2. The first-order valence-corrected chi connectivity index (χ1v) is 40.6. The van der Waals surface area contributed by atoms with Crippen LogP contribution in [0.25, 0.3) is 0 Å². The maximum atomic E-state index is 12.5. The smallest absolute Gasteiger partial charge is 0.305 e. The van der Waals surface area contributed by atoms with Crippen LogP contribution in [0.4, 0.5) is 0 Å². The van der Waals surface area contributed by atoms with Crippen molar-refractivity contribution < 1.29 is 24.5 Å². The lowest BCUT2D eigenvalue weighted by atomic mass is 10.0. The average molecular weight is 1240 g/mol. The van der Waals surface area contributed by atoms with Crippen LogP contribution < -0.4 is 5.32 Å². The monoisotopic (exact) mass is 1240 g/mol. The van der Waals surface area contributed by atoms with E-state index in [2.05, 4.69) is 43.5 Å². The molecule has 0 rings (SSSR count). The van der Waals surface area contributed by atoms with Gasteiger partial charge in [0.05, 0.1) is 25.4 Å². The Hall–Kier alpha value is -1.66. The summed E-state index contributed by atoms with van der Waals surface area (Å²) in [5.41, 5.74) is 0. The summed E-state index contributed by atoms with van der Waals surface area (Å²) in [5.74, 6) is -0.00835. The molecule has 522 valence electrons. The second kappa shape index (κ2) is 77.8. The fourth-order valence-corrected chi connectivity index (χ4v) is 13.0. The van der Waals surface area contributed by atoms with Gasteiger partial charge in [0.15, 0.2) is 0 Å². The number of carbonyl (C=O) groups excluding carboxylic acids is 2. The SMILES string of the molecule is CCCCCCCCC/C=C\CCCCCCCCCC(=O)OCCCCCCCCCCCCCCCC/C=C\CCCCCCCCCCCCCCCCCCCC(=O)NC(CO)C(O)CCCCCCCCCCCCCCCCCCCC. The zero-order valence-electron chi connectivity index (χ0n) is 60.0. The van der Waals surface area contributed by atoms with Crippen molar-refractivity contribution in [3.63, 3.8) is 0 Å². The van der Waals surface area contributed by atoms with Gasteiger partial charge in [0.1, 0.15) is 0 Å². The Morgan fingerprint density at radius 3 is 0.807 bits per heavy atom. The number of ether oxygens (including phenoxy) is 1. The van der Waals surface area contributed by atoms with Crippen LogP contribution in [0.3, 0.4) is 0 Å². The van der Waals surface area contributed by atoms with Crippen LogP contribution in [0.15, 0.2) is 24.3 Å². The highest BCUT2D eigenvalue weighted by atomic mass is 16.5. The third-order valence-electron chi connectivity index (χ3n) is 19.2. The highest BCUT2D eigenvalue weighted by Crippen LogP contribution is 2.20. The van der Waals surface area contributed by atoms with Gasteiger partial charge >= 0.3 is 5.97 Å². The van der Waals surface area contributed by atoms with Gasteiger partial charge in [-0.15, -0.1) is 0 Å². The number of carbonyl (C=O) groups is 2. The summed E-state index contributed by atoms with van der Waals surface area (Å²) >= 11 is 0. The van der Waals surface area contributed by atoms with Crippen LogP contribution in [-0.2, 0) is 14.3 Å². The summed E-state index contributed by atoms with van der Waals surface area (Å²) in [5, 5.41) is 23.4. The first kappa shape index (κ1) is 86.3. The highest BCUT2D eigenvalue weighted by molar-refractivity contribution is 5.76. The van der Waals surface area contributed by atoms with Gasteiger partial charge in [-0.05, 0) is 77.0 Å². The van der Waals surface area contributed by atoms with E-state index in [4.69, 9.17) is 4.74 Å². The predicted molar refractivity (Wildman–Crippen MR) is 389 cm³/mol. The molecule has 0 aliphatic carbocycles. The second-order valence-corrected chi connectivity index (χ2v) is 28.1. The number of esters is 1. The molecule has 0 aliphatic heterocycles. The van der Waals surface area contributed by atoms with Gasteiger partial charge in [-0.25, -0.2) is 0 Å². The van der Waals surface area contributed by atoms with Crippen LogP contribution in [0.1, 0.15) is 463 Å². The maximum Gasteiger partial charge on any atom is 0.305 e. The summed E-state index contributed by atoms with van der Waals surface area (Å²) in [6.07, 6.45) is 99.9. The van der Waals surface area contributed by atoms with E-state index >= 15 is 0 Å². The van der Waals surface area contributed by atoms with Crippen LogP contribution >= 0.6 is 0 Å². The van der Waals surface area contributed by atoms with Gasteiger partial charge in [0.25, 0.3) is 0 Å². The van der Waals surface area contributed by atoms with Gasteiger partial charge in [-0.1, -0.05) is 398 Å². The molecule has 0 saturated carbocycles. The second-order valence-electron chi connectivity index (χ2n) is 28.1. The van der Waals surface area contributed by atoms with Crippen molar-refractivity contribution in [2.24, 2.45) is 0 Å². The zero-order valence-corrected chi connectivity index (χ0v) is 60.0. The Balaban J connectivity index is 3.33. The number of amides is 1. The van der Waals surface area contributed by atoms with Gasteiger partial charge < -0.3 is 20.3 Å². The fourth-order valence-electron chi connectivity index (χ4n) is 13.0. The van der Waals surface area contributed by atoms with E-state index in [0.29, 0.717) is 25.9 Å². The number of aliphatic hydroxyl groups is 2. The molecule has 0 spiro atoms. The molecule has 0 heterocycles. The molecule has 0 fully saturated rings. The van der Waals surface area contributed by atoms with Gasteiger partial charge in [0, 0.05) is 12.8 Å². The van der Waals surface area contributed by atoms with Crippen molar-refractivity contribution in [3.05, 3.63) is 24.3 Å². The maximum absolute atomic E-state index is 12.5. The van der Waals surface area contributed by atoms with Crippen LogP contribution in [0.5, 0.6) is 0 Å². The molecule has 3 N–H and O–H groups in total. The Kier molecular flexibility index (Phi) is 76.3. The van der Waals surface area contributed by atoms with E-state index in [-0.39, 0.29) is 18.5 Å². The minimum Gasteiger partial charge on any atom is -0.466 e.